The van der Waals surface area contributed by atoms with Gasteiger partial charge in [-0.3, -0.25) is 0 Å². The minimum absolute atomic E-state index is 0.418. The lowest BCUT2D eigenvalue weighted by Gasteiger charge is -2.27. The molecule has 1 saturated heterocycles. The third kappa shape index (κ3) is 1.88. The molecule has 0 aliphatic carbocycles. The van der Waals surface area contributed by atoms with Gasteiger partial charge in [0.2, 0.25) is 0 Å². The van der Waals surface area contributed by atoms with Crippen LogP contribution in [0.4, 0.5) is 11.5 Å². The summed E-state index contributed by atoms with van der Waals surface area (Å²) in [5.74, 6) is 0.797. The summed E-state index contributed by atoms with van der Waals surface area (Å²) in [5.41, 5.74) is 0.418. The maximum absolute atomic E-state index is 10.3. The Balaban J connectivity index is 2.17. The zero-order chi connectivity index (χ0) is 9.80. The van der Waals surface area contributed by atoms with Gasteiger partial charge in [-0.2, -0.15) is 0 Å². The van der Waals surface area contributed by atoms with Crippen molar-refractivity contribution < 1.29 is 4.74 Å². The van der Waals surface area contributed by atoms with Gasteiger partial charge in [0.25, 0.3) is 0 Å². The van der Waals surface area contributed by atoms with E-state index < -0.39 is 0 Å². The Labute approximate surface area is 81.7 Å². The van der Waals surface area contributed by atoms with Crippen molar-refractivity contribution in [3.63, 3.8) is 0 Å². The molecule has 0 amide bonds. The van der Waals surface area contributed by atoms with E-state index in [1.165, 1.54) is 0 Å². The summed E-state index contributed by atoms with van der Waals surface area (Å²) < 4.78 is 5.22. The lowest BCUT2D eigenvalue weighted by Crippen LogP contribution is -2.36. The van der Waals surface area contributed by atoms with Gasteiger partial charge < -0.3 is 9.64 Å². The highest BCUT2D eigenvalue weighted by molar-refractivity contribution is 5.49. The average molecular weight is 193 g/mol. The molecule has 0 bridgehead atoms. The van der Waals surface area contributed by atoms with Gasteiger partial charge in [0.1, 0.15) is 11.5 Å². The fourth-order valence-corrected chi connectivity index (χ4v) is 1.43. The second-order valence-corrected chi connectivity index (χ2v) is 3.06. The van der Waals surface area contributed by atoms with Crippen molar-refractivity contribution in [1.29, 1.82) is 0 Å². The molecule has 0 N–H and O–H groups in total. The van der Waals surface area contributed by atoms with E-state index in [1.54, 1.807) is 18.3 Å². The van der Waals surface area contributed by atoms with Crippen LogP contribution in [0.25, 0.3) is 0 Å². The van der Waals surface area contributed by atoms with Crippen molar-refractivity contribution in [2.24, 2.45) is 5.18 Å². The van der Waals surface area contributed by atoms with Crippen LogP contribution in [-0.2, 0) is 4.74 Å². The SMILES string of the molecule is O=Nc1ccnc(N2CCOCC2)c1. The fraction of sp³-hybridized carbons (Fsp3) is 0.444. The molecule has 0 spiro atoms. The minimum Gasteiger partial charge on any atom is -0.378 e. The molecule has 0 unspecified atom stereocenters. The van der Waals surface area contributed by atoms with Gasteiger partial charge in [-0.1, -0.05) is 0 Å². The molecule has 2 rings (SSSR count). The highest BCUT2D eigenvalue weighted by Crippen LogP contribution is 2.18. The zero-order valence-corrected chi connectivity index (χ0v) is 7.72. The van der Waals surface area contributed by atoms with Crippen LogP contribution in [0.3, 0.4) is 0 Å². The third-order valence-corrected chi connectivity index (χ3v) is 2.17. The molecule has 0 atom stereocenters. The third-order valence-electron chi connectivity index (χ3n) is 2.17. The van der Waals surface area contributed by atoms with E-state index >= 15 is 0 Å². The monoisotopic (exact) mass is 193 g/mol. The summed E-state index contributed by atoms with van der Waals surface area (Å²) in [7, 11) is 0. The first-order chi connectivity index (χ1) is 6.90. The van der Waals surface area contributed by atoms with Crippen LogP contribution in [-0.4, -0.2) is 31.3 Å². The first kappa shape index (κ1) is 9.08. The lowest BCUT2D eigenvalue weighted by atomic mass is 10.3. The highest BCUT2D eigenvalue weighted by atomic mass is 16.5. The Morgan fingerprint density at radius 2 is 2.21 bits per heavy atom. The molecule has 1 aromatic rings. The van der Waals surface area contributed by atoms with E-state index in [9.17, 15) is 4.91 Å². The van der Waals surface area contributed by atoms with Crippen LogP contribution in [0.15, 0.2) is 23.5 Å². The van der Waals surface area contributed by atoms with Gasteiger partial charge in [-0.25, -0.2) is 4.98 Å². The standard InChI is InChI=1S/C9H11N3O2/c13-11-8-1-2-10-9(7-8)12-3-5-14-6-4-12/h1-2,7H,3-6H2. The van der Waals surface area contributed by atoms with Crippen molar-refractivity contribution in [2.75, 3.05) is 31.2 Å². The van der Waals surface area contributed by atoms with Gasteiger partial charge in [0.05, 0.1) is 13.2 Å². The number of aromatic nitrogens is 1. The molecule has 74 valence electrons. The van der Waals surface area contributed by atoms with Crippen molar-refractivity contribution in [3.05, 3.63) is 23.2 Å². The van der Waals surface area contributed by atoms with E-state index in [0.29, 0.717) is 18.9 Å². The fourth-order valence-electron chi connectivity index (χ4n) is 1.43. The molecular weight excluding hydrogens is 182 g/mol. The van der Waals surface area contributed by atoms with Crippen molar-refractivity contribution >= 4 is 11.5 Å². The number of hydrogen-bond donors (Lipinski definition) is 0. The predicted molar refractivity (Wildman–Crippen MR) is 52.7 cm³/mol. The minimum atomic E-state index is 0.418. The molecule has 0 radical (unpaired) electrons. The Hall–Kier alpha value is -1.49. The van der Waals surface area contributed by atoms with Gasteiger partial charge in [0.15, 0.2) is 0 Å². The first-order valence-electron chi connectivity index (χ1n) is 4.52. The molecule has 1 aromatic heterocycles. The van der Waals surface area contributed by atoms with E-state index in [0.717, 1.165) is 18.9 Å². The smallest absolute Gasteiger partial charge is 0.130 e. The molecule has 5 nitrogen and oxygen atoms in total. The van der Waals surface area contributed by atoms with E-state index in [2.05, 4.69) is 15.1 Å². The Kier molecular flexibility index (Phi) is 2.69. The molecule has 0 saturated carbocycles. The predicted octanol–water partition coefficient (Wildman–Crippen LogP) is 1.32. The average Bonchev–Trinajstić information content (AvgIpc) is 2.30. The van der Waals surface area contributed by atoms with Gasteiger partial charge in [-0.15, -0.1) is 4.91 Å². The Bertz CT molecular complexity index is 324. The summed E-state index contributed by atoms with van der Waals surface area (Å²) in [6, 6.07) is 3.29. The van der Waals surface area contributed by atoms with Crippen LogP contribution in [0.5, 0.6) is 0 Å². The quantitative estimate of drug-likeness (QED) is 0.664. The number of rotatable bonds is 2. The number of ether oxygens (including phenoxy) is 1. The number of nitroso groups, excluding NO2 is 1. The number of anilines is 1. The van der Waals surface area contributed by atoms with Gasteiger partial charge in [0, 0.05) is 25.4 Å². The van der Waals surface area contributed by atoms with Crippen molar-refractivity contribution in [3.8, 4) is 0 Å². The number of pyridine rings is 1. The molecule has 14 heavy (non-hydrogen) atoms. The van der Waals surface area contributed by atoms with Gasteiger partial charge >= 0.3 is 0 Å². The van der Waals surface area contributed by atoms with E-state index in [-0.39, 0.29) is 0 Å². The van der Waals surface area contributed by atoms with Crippen LogP contribution in [0.1, 0.15) is 0 Å². The zero-order valence-electron chi connectivity index (χ0n) is 7.72. The second kappa shape index (κ2) is 4.15. The maximum atomic E-state index is 10.3. The Morgan fingerprint density at radius 3 is 2.93 bits per heavy atom. The summed E-state index contributed by atoms with van der Waals surface area (Å²) in [5, 5.41) is 2.88. The molecule has 2 heterocycles. The second-order valence-electron chi connectivity index (χ2n) is 3.06. The molecule has 0 aromatic carbocycles. The van der Waals surface area contributed by atoms with Crippen LogP contribution in [0, 0.1) is 4.91 Å². The van der Waals surface area contributed by atoms with Crippen LogP contribution < -0.4 is 4.90 Å². The van der Waals surface area contributed by atoms with E-state index in [1.807, 2.05) is 0 Å². The topological polar surface area (TPSA) is 54.8 Å². The summed E-state index contributed by atoms with van der Waals surface area (Å²) in [4.78, 5) is 16.6. The Morgan fingerprint density at radius 1 is 1.43 bits per heavy atom. The van der Waals surface area contributed by atoms with Crippen molar-refractivity contribution in [2.45, 2.75) is 0 Å². The molecule has 1 aliphatic heterocycles. The molecule has 1 fully saturated rings. The largest absolute Gasteiger partial charge is 0.378 e. The first-order valence-corrected chi connectivity index (χ1v) is 4.52. The maximum Gasteiger partial charge on any atom is 0.130 e. The van der Waals surface area contributed by atoms with Crippen LogP contribution >= 0.6 is 0 Å². The van der Waals surface area contributed by atoms with Gasteiger partial charge in [-0.05, 0) is 11.2 Å². The molecule has 5 heteroatoms. The lowest BCUT2D eigenvalue weighted by molar-refractivity contribution is 0.122. The summed E-state index contributed by atoms with van der Waals surface area (Å²) in [6.45, 7) is 3.05. The molecular formula is C9H11N3O2. The summed E-state index contributed by atoms with van der Waals surface area (Å²) >= 11 is 0. The van der Waals surface area contributed by atoms with E-state index in [4.69, 9.17) is 4.74 Å². The highest BCUT2D eigenvalue weighted by Gasteiger charge is 2.12. The number of hydrogen-bond acceptors (Lipinski definition) is 5. The number of morpholine rings is 1. The number of nitrogens with zero attached hydrogens (tertiary/aromatic N) is 3. The summed E-state index contributed by atoms with van der Waals surface area (Å²) in [6.07, 6.45) is 1.60. The van der Waals surface area contributed by atoms with Crippen molar-refractivity contribution in [1.82, 2.24) is 4.98 Å². The molecule has 1 aliphatic rings. The van der Waals surface area contributed by atoms with Crippen LogP contribution in [0.2, 0.25) is 0 Å². The normalized spacial score (nSPS) is 16.7.